The molecule has 1 aromatic carbocycles. The molecule has 0 atom stereocenters. The molecule has 78 valence electrons. The minimum Gasteiger partial charge on any atom is -0.317 e. The van der Waals surface area contributed by atoms with Crippen LogP contribution in [0.3, 0.4) is 0 Å². The smallest absolute Gasteiger partial charge is 0.163 e. The Bertz CT molecular complexity index is 642. The van der Waals surface area contributed by atoms with E-state index in [4.69, 9.17) is 0 Å². The van der Waals surface area contributed by atoms with Gasteiger partial charge >= 0.3 is 0 Å². The van der Waals surface area contributed by atoms with Crippen LogP contribution in [-0.4, -0.2) is 19.7 Å². The van der Waals surface area contributed by atoms with Crippen LogP contribution >= 0.6 is 0 Å². The molecular formula is C12H10N4. The van der Waals surface area contributed by atoms with Gasteiger partial charge in [0.1, 0.15) is 6.33 Å². The van der Waals surface area contributed by atoms with Crippen molar-refractivity contribution in [3.8, 4) is 11.4 Å². The highest BCUT2D eigenvalue weighted by Crippen LogP contribution is 2.20. The summed E-state index contributed by atoms with van der Waals surface area (Å²) in [6, 6.07) is 10.1. The van der Waals surface area contributed by atoms with Gasteiger partial charge in [-0.2, -0.15) is 0 Å². The van der Waals surface area contributed by atoms with Gasteiger partial charge in [0.25, 0.3) is 0 Å². The van der Waals surface area contributed by atoms with E-state index in [9.17, 15) is 0 Å². The number of fused-ring (bicyclic) bond motifs is 1. The zero-order chi connectivity index (χ0) is 11.0. The summed E-state index contributed by atoms with van der Waals surface area (Å²) in [6.45, 7) is 0. The Kier molecular flexibility index (Phi) is 1.93. The largest absolute Gasteiger partial charge is 0.317 e. The van der Waals surface area contributed by atoms with Crippen LogP contribution in [0.15, 0.2) is 42.9 Å². The topological polar surface area (TPSA) is 43.6 Å². The van der Waals surface area contributed by atoms with Crippen molar-refractivity contribution >= 4 is 10.9 Å². The van der Waals surface area contributed by atoms with Gasteiger partial charge in [-0.25, -0.2) is 0 Å². The molecule has 2 aromatic heterocycles. The van der Waals surface area contributed by atoms with Crippen LogP contribution in [0.25, 0.3) is 22.3 Å². The standard InChI is InChI=1S/C12H10N4/c1-16-8-14-15-12(16)10-4-5-11-9(7-10)3-2-6-13-11/h2-8H,1H3. The third-order valence-corrected chi connectivity index (χ3v) is 2.57. The van der Waals surface area contributed by atoms with Gasteiger partial charge in [-0.3, -0.25) is 4.98 Å². The number of hydrogen-bond donors (Lipinski definition) is 0. The Morgan fingerprint density at radius 1 is 1.19 bits per heavy atom. The molecule has 0 bridgehead atoms. The molecule has 4 heteroatoms. The van der Waals surface area contributed by atoms with E-state index >= 15 is 0 Å². The van der Waals surface area contributed by atoms with Crippen molar-refractivity contribution in [2.24, 2.45) is 7.05 Å². The number of aryl methyl sites for hydroxylation is 1. The van der Waals surface area contributed by atoms with Gasteiger partial charge < -0.3 is 4.57 Å². The van der Waals surface area contributed by atoms with E-state index in [2.05, 4.69) is 21.2 Å². The lowest BCUT2D eigenvalue weighted by Crippen LogP contribution is -1.91. The van der Waals surface area contributed by atoms with Crippen molar-refractivity contribution in [1.29, 1.82) is 0 Å². The van der Waals surface area contributed by atoms with Crippen molar-refractivity contribution in [3.05, 3.63) is 42.9 Å². The van der Waals surface area contributed by atoms with E-state index in [0.29, 0.717) is 0 Å². The van der Waals surface area contributed by atoms with E-state index in [1.807, 2.05) is 35.9 Å². The van der Waals surface area contributed by atoms with Gasteiger partial charge in [0.15, 0.2) is 5.82 Å². The summed E-state index contributed by atoms with van der Waals surface area (Å²) >= 11 is 0. The van der Waals surface area contributed by atoms with E-state index in [-0.39, 0.29) is 0 Å². The number of rotatable bonds is 1. The van der Waals surface area contributed by atoms with Crippen LogP contribution < -0.4 is 0 Å². The van der Waals surface area contributed by atoms with Gasteiger partial charge in [0.05, 0.1) is 5.52 Å². The Morgan fingerprint density at radius 3 is 2.94 bits per heavy atom. The molecule has 3 rings (SSSR count). The van der Waals surface area contributed by atoms with Gasteiger partial charge in [-0.05, 0) is 24.3 Å². The molecule has 2 heterocycles. The van der Waals surface area contributed by atoms with Crippen LogP contribution in [-0.2, 0) is 7.05 Å². The molecule has 0 saturated carbocycles. The summed E-state index contributed by atoms with van der Waals surface area (Å²) < 4.78 is 1.90. The predicted molar refractivity (Wildman–Crippen MR) is 61.7 cm³/mol. The van der Waals surface area contributed by atoms with E-state index in [1.54, 1.807) is 12.5 Å². The molecule has 0 N–H and O–H groups in total. The molecule has 0 amide bonds. The molecule has 16 heavy (non-hydrogen) atoms. The van der Waals surface area contributed by atoms with Crippen molar-refractivity contribution in [1.82, 2.24) is 19.7 Å². The first-order valence-corrected chi connectivity index (χ1v) is 5.04. The molecule has 0 saturated heterocycles. The third-order valence-electron chi connectivity index (χ3n) is 2.57. The molecule has 0 unspecified atom stereocenters. The first-order chi connectivity index (χ1) is 7.84. The minimum absolute atomic E-state index is 0.866. The Hall–Kier alpha value is -2.23. The maximum atomic E-state index is 4.28. The maximum absolute atomic E-state index is 4.28. The second-order valence-electron chi connectivity index (χ2n) is 3.68. The number of pyridine rings is 1. The highest BCUT2D eigenvalue weighted by atomic mass is 15.2. The lowest BCUT2D eigenvalue weighted by molar-refractivity contribution is 0.920. The number of hydrogen-bond acceptors (Lipinski definition) is 3. The van der Waals surface area contributed by atoms with Crippen LogP contribution in [0, 0.1) is 0 Å². The molecule has 0 aliphatic rings. The predicted octanol–water partition coefficient (Wildman–Crippen LogP) is 2.03. The van der Waals surface area contributed by atoms with E-state index < -0.39 is 0 Å². The second-order valence-corrected chi connectivity index (χ2v) is 3.68. The SMILES string of the molecule is Cn1cnnc1-c1ccc2ncccc2c1. The highest BCUT2D eigenvalue weighted by molar-refractivity contribution is 5.83. The quantitative estimate of drug-likeness (QED) is 0.617. The Labute approximate surface area is 92.6 Å². The number of nitrogens with zero attached hydrogens (tertiary/aromatic N) is 4. The van der Waals surface area contributed by atoms with Crippen LogP contribution in [0.5, 0.6) is 0 Å². The zero-order valence-electron chi connectivity index (χ0n) is 8.83. The summed E-state index contributed by atoms with van der Waals surface area (Å²) in [5.41, 5.74) is 2.05. The number of benzene rings is 1. The maximum Gasteiger partial charge on any atom is 0.163 e. The van der Waals surface area contributed by atoms with Crippen molar-refractivity contribution in [3.63, 3.8) is 0 Å². The van der Waals surface area contributed by atoms with Crippen LogP contribution in [0.2, 0.25) is 0 Å². The van der Waals surface area contributed by atoms with Crippen molar-refractivity contribution < 1.29 is 0 Å². The lowest BCUT2D eigenvalue weighted by Gasteiger charge is -2.02. The molecule has 0 aliphatic heterocycles. The molecular weight excluding hydrogens is 200 g/mol. The molecule has 0 fully saturated rings. The molecule has 0 radical (unpaired) electrons. The third kappa shape index (κ3) is 1.35. The summed E-state index contributed by atoms with van der Waals surface area (Å²) in [5, 5.41) is 9.07. The Morgan fingerprint density at radius 2 is 2.12 bits per heavy atom. The minimum atomic E-state index is 0.866. The molecule has 0 spiro atoms. The van der Waals surface area contributed by atoms with Gasteiger partial charge in [0.2, 0.25) is 0 Å². The Balaban J connectivity index is 2.23. The fraction of sp³-hybridized carbons (Fsp3) is 0.0833. The molecule has 3 aromatic rings. The summed E-state index contributed by atoms with van der Waals surface area (Å²) in [6.07, 6.45) is 3.49. The normalized spacial score (nSPS) is 10.8. The monoisotopic (exact) mass is 210 g/mol. The first kappa shape index (κ1) is 9.03. The average molecular weight is 210 g/mol. The van der Waals surface area contributed by atoms with Gasteiger partial charge in [-0.1, -0.05) is 6.07 Å². The fourth-order valence-electron chi connectivity index (χ4n) is 1.76. The fourth-order valence-corrected chi connectivity index (χ4v) is 1.76. The van der Waals surface area contributed by atoms with Crippen molar-refractivity contribution in [2.45, 2.75) is 0 Å². The second kappa shape index (κ2) is 3.41. The zero-order valence-corrected chi connectivity index (χ0v) is 8.83. The average Bonchev–Trinajstić information content (AvgIpc) is 2.75. The van der Waals surface area contributed by atoms with E-state index in [1.165, 1.54) is 0 Å². The molecule has 0 aliphatic carbocycles. The lowest BCUT2D eigenvalue weighted by atomic mass is 10.1. The molecule has 4 nitrogen and oxygen atoms in total. The van der Waals surface area contributed by atoms with Crippen LogP contribution in [0.4, 0.5) is 0 Å². The van der Waals surface area contributed by atoms with Gasteiger partial charge in [0, 0.05) is 24.2 Å². The summed E-state index contributed by atoms with van der Waals surface area (Å²) in [7, 11) is 1.93. The van der Waals surface area contributed by atoms with Gasteiger partial charge in [-0.15, -0.1) is 10.2 Å². The van der Waals surface area contributed by atoms with Crippen LogP contribution in [0.1, 0.15) is 0 Å². The summed E-state index contributed by atoms with van der Waals surface area (Å²) in [4.78, 5) is 4.28. The first-order valence-electron chi connectivity index (χ1n) is 5.04. The summed E-state index contributed by atoms with van der Waals surface area (Å²) in [5.74, 6) is 0.866. The van der Waals surface area contributed by atoms with E-state index in [0.717, 1.165) is 22.3 Å². The highest BCUT2D eigenvalue weighted by Gasteiger charge is 2.04. The number of aromatic nitrogens is 4. The van der Waals surface area contributed by atoms with Crippen molar-refractivity contribution in [2.75, 3.05) is 0 Å².